The van der Waals surface area contributed by atoms with Gasteiger partial charge in [-0.2, -0.15) is 0 Å². The van der Waals surface area contributed by atoms with Crippen LogP contribution in [0.15, 0.2) is 0 Å². The van der Waals surface area contributed by atoms with Crippen molar-refractivity contribution in [3.8, 4) is 0 Å². The van der Waals surface area contributed by atoms with Crippen LogP contribution in [0.2, 0.25) is 0 Å². The zero-order valence-electron chi connectivity index (χ0n) is 4.64. The van der Waals surface area contributed by atoms with Gasteiger partial charge in [-0.3, -0.25) is 0 Å². The van der Waals surface area contributed by atoms with Crippen LogP contribution in [0, 0.1) is 0 Å². The van der Waals surface area contributed by atoms with Crippen LogP contribution < -0.4 is 0 Å². The van der Waals surface area contributed by atoms with Gasteiger partial charge in [0.2, 0.25) is 0 Å². The van der Waals surface area contributed by atoms with Gasteiger partial charge in [0.25, 0.3) is 0 Å². The third kappa shape index (κ3) is 9.57. The van der Waals surface area contributed by atoms with Crippen molar-refractivity contribution in [1.29, 1.82) is 0 Å². The molecule has 2 radical (unpaired) electrons. The summed E-state index contributed by atoms with van der Waals surface area (Å²) in [6, 6.07) is 0. The molecule has 4 heavy (non-hydrogen) atoms. The summed E-state index contributed by atoms with van der Waals surface area (Å²) in [5, 5.41) is 0. The van der Waals surface area contributed by atoms with Crippen LogP contribution in [-0.4, -0.2) is 40.6 Å². The molecule has 0 spiro atoms. The molecule has 0 aliphatic carbocycles. The van der Waals surface area contributed by atoms with Crippen molar-refractivity contribution < 1.29 is 19.9 Å². The zero-order valence-corrected chi connectivity index (χ0v) is 7.16. The van der Waals surface area contributed by atoms with Gasteiger partial charge in [-0.25, -0.2) is 0 Å². The molecule has 0 saturated carbocycles. The van der Waals surface area contributed by atoms with Gasteiger partial charge in [0.15, 0.2) is 0 Å². The van der Waals surface area contributed by atoms with Crippen molar-refractivity contribution in [2.45, 2.75) is 0 Å². The molecular formula is H5BFeMgSi. The predicted octanol–water partition coefficient (Wildman–Crippen LogP) is -1.72. The molecule has 0 saturated heterocycles. The Bertz CT molecular complexity index is 13.5. The van der Waals surface area contributed by atoms with E-state index in [1.807, 2.05) is 0 Å². The minimum absolute atomic E-state index is 0. The summed E-state index contributed by atoms with van der Waals surface area (Å²) < 4.78 is 0. The fraction of sp³-hybridized carbons (Fsp3) is 0. The molecular weight excluding hydrogens is 119 g/mol. The van der Waals surface area contributed by atoms with Crippen LogP contribution in [0.5, 0.6) is 0 Å². The van der Waals surface area contributed by atoms with E-state index in [2.05, 4.69) is 7.44 Å². The number of hydrogen-bond donors (Lipinski definition) is 0. The third-order valence-corrected chi connectivity index (χ3v) is 0. The van der Waals surface area contributed by atoms with Crippen LogP contribution in [0.4, 0.5) is 0 Å². The molecule has 0 fully saturated rings. The molecule has 0 atom stereocenters. The van der Waals surface area contributed by atoms with Gasteiger partial charge in [-0.05, 0) is 10.1 Å². The molecule has 0 heterocycles. The quantitative estimate of drug-likeness (QED) is 0.337. The molecule has 0 aliphatic heterocycles. The molecule has 0 aromatic heterocycles. The fourth-order valence-electron chi connectivity index (χ4n) is 0. The van der Waals surface area contributed by atoms with Gasteiger partial charge in [0.05, 0.1) is 0 Å². The van der Waals surface area contributed by atoms with Crippen LogP contribution in [0.3, 0.4) is 0 Å². The Hall–Kier alpha value is 1.57. The van der Waals surface area contributed by atoms with Crippen LogP contribution >= 0.6 is 0 Å². The Morgan fingerprint density at radius 1 is 1.50 bits per heavy atom. The second kappa shape index (κ2) is 23.7. The third-order valence-electron chi connectivity index (χ3n) is 0. The fourth-order valence-corrected chi connectivity index (χ4v) is 0. The van der Waals surface area contributed by atoms with Crippen LogP contribution in [0.25, 0.3) is 0 Å². The summed E-state index contributed by atoms with van der Waals surface area (Å²) in [6.45, 7) is 0. The van der Waals surface area contributed by atoms with Crippen molar-refractivity contribution >= 4 is 40.6 Å². The Morgan fingerprint density at radius 2 is 1.50 bits per heavy atom. The minimum atomic E-state index is 0. The predicted molar refractivity (Wildman–Crippen MR) is 23.7 cm³/mol. The van der Waals surface area contributed by atoms with E-state index in [0.717, 1.165) is 10.1 Å². The Morgan fingerprint density at radius 3 is 1.50 bits per heavy atom. The van der Waals surface area contributed by atoms with Gasteiger partial charge >= 0.3 is 23.1 Å². The molecule has 0 nitrogen and oxygen atoms in total. The van der Waals surface area contributed by atoms with Gasteiger partial charge in [0.1, 0.15) is 0 Å². The summed E-state index contributed by atoms with van der Waals surface area (Å²) >= 11 is 0. The molecule has 0 aromatic carbocycles. The van der Waals surface area contributed by atoms with Crippen molar-refractivity contribution in [3.05, 3.63) is 0 Å². The molecule has 0 unspecified atom stereocenters. The van der Waals surface area contributed by atoms with E-state index in [1.54, 1.807) is 0 Å². The molecule has 4 heteroatoms. The van der Waals surface area contributed by atoms with E-state index < -0.39 is 0 Å². The molecule has 0 aliphatic rings. The number of hydrogen-bond acceptors (Lipinski definition) is 0. The van der Waals surface area contributed by atoms with Crippen molar-refractivity contribution in [2.24, 2.45) is 0 Å². The van der Waals surface area contributed by atoms with Crippen LogP contribution in [-0.2, 0) is 17.1 Å². The van der Waals surface area contributed by atoms with Gasteiger partial charge in [0, 0.05) is 24.5 Å². The molecule has 0 N–H and O–H groups in total. The summed E-state index contributed by atoms with van der Waals surface area (Å²) in [6.07, 6.45) is 0. The zero-order chi connectivity index (χ0) is 2.00. The first-order valence-electron chi connectivity index (χ1n) is 0.577. The standard InChI is InChI=1S/BH3Si.Fe.Mg.2H/c1-2;;;;/h2H3;;;;/q;;+2;2*-1. The van der Waals surface area contributed by atoms with Crippen molar-refractivity contribution in [2.75, 3.05) is 0 Å². The Balaban J connectivity index is -0.000000000833. The Labute approximate surface area is 60.5 Å². The second-order valence-corrected chi connectivity index (χ2v) is 0. The van der Waals surface area contributed by atoms with Crippen molar-refractivity contribution in [1.82, 2.24) is 0 Å². The van der Waals surface area contributed by atoms with Gasteiger partial charge < -0.3 is 2.85 Å². The summed E-state index contributed by atoms with van der Waals surface area (Å²) in [5.74, 6) is 0. The van der Waals surface area contributed by atoms with Crippen LogP contribution in [0.1, 0.15) is 2.85 Å². The maximum atomic E-state index is 4.64. The topological polar surface area (TPSA) is 0 Å². The monoisotopic (exact) mass is 124 g/mol. The van der Waals surface area contributed by atoms with E-state index in [9.17, 15) is 0 Å². The van der Waals surface area contributed by atoms with Crippen molar-refractivity contribution in [3.63, 3.8) is 0 Å². The molecule has 0 aromatic rings. The van der Waals surface area contributed by atoms with E-state index >= 15 is 0 Å². The molecule has 0 rings (SSSR count). The normalized spacial score (nSPS) is 2.00. The summed E-state index contributed by atoms with van der Waals surface area (Å²) in [7, 11) is 5.44. The van der Waals surface area contributed by atoms with E-state index in [1.165, 1.54) is 0 Å². The Kier molecular flexibility index (Phi) is 104. The van der Waals surface area contributed by atoms with Gasteiger partial charge in [-0.1, -0.05) is 0 Å². The minimum Gasteiger partial charge on any atom is -1.00 e. The molecule has 0 bridgehead atoms. The smallest absolute Gasteiger partial charge is 1.00 e. The first-order valence-corrected chi connectivity index (χ1v) is 1.73. The average molecular weight is 124 g/mol. The average Bonchev–Trinajstić information content (AvgIpc) is 1.00. The molecule has 0 amide bonds. The van der Waals surface area contributed by atoms with Gasteiger partial charge in [-0.15, -0.1) is 0 Å². The van der Waals surface area contributed by atoms with E-state index in [0.29, 0.717) is 0 Å². The summed E-state index contributed by atoms with van der Waals surface area (Å²) in [4.78, 5) is 0. The largest absolute Gasteiger partial charge is 2.00 e. The number of rotatable bonds is 0. The van der Waals surface area contributed by atoms with E-state index in [4.69, 9.17) is 0 Å². The summed E-state index contributed by atoms with van der Waals surface area (Å²) in [5.41, 5.74) is 0. The second-order valence-electron chi connectivity index (χ2n) is 0. The first-order chi connectivity index (χ1) is 1.00. The van der Waals surface area contributed by atoms with E-state index in [-0.39, 0.29) is 43.0 Å². The first kappa shape index (κ1) is 17.6. The maximum Gasteiger partial charge on any atom is 2.00 e. The SMILES string of the molecule is [B][SiH3].[Fe].[H-].[H-].[Mg+2]. The molecule has 22 valence electrons. The maximum absolute atomic E-state index is 4.64.